The highest BCUT2D eigenvalue weighted by Gasteiger charge is 2.13. The number of amides is 1. The molecule has 5 aromatic rings. The van der Waals surface area contributed by atoms with E-state index in [1.54, 1.807) is 30.1 Å². The summed E-state index contributed by atoms with van der Waals surface area (Å²) in [7, 11) is -4.03. The molecule has 5 rings (SSSR count). The molecule has 0 aliphatic rings. The molecule has 1 heterocycles. The first-order valence-corrected chi connectivity index (χ1v) is 18.0. The molecule has 48 heavy (non-hydrogen) atoms. The number of hydrogen-bond acceptors (Lipinski definition) is 6. The van der Waals surface area contributed by atoms with Gasteiger partial charge in [-0.15, -0.1) is 11.8 Å². The van der Waals surface area contributed by atoms with Crippen LogP contribution in [0.4, 0.5) is 0 Å². The van der Waals surface area contributed by atoms with Crippen molar-refractivity contribution in [2.75, 3.05) is 12.3 Å². The third kappa shape index (κ3) is 10.5. The van der Waals surface area contributed by atoms with E-state index in [0.29, 0.717) is 25.2 Å². The lowest BCUT2D eigenvalue weighted by molar-refractivity contribution is 0.0951. The lowest BCUT2D eigenvalue weighted by Gasteiger charge is -2.23. The monoisotopic (exact) mass is 676 g/mol. The van der Waals surface area contributed by atoms with Crippen molar-refractivity contribution in [1.29, 1.82) is 0 Å². The van der Waals surface area contributed by atoms with Crippen LogP contribution in [0.15, 0.2) is 142 Å². The number of benzene rings is 4. The molecule has 0 atom stereocenters. The molecule has 0 radical (unpaired) electrons. The Kier molecular flexibility index (Phi) is 12.4. The Labute approximate surface area is 285 Å². The van der Waals surface area contributed by atoms with Crippen LogP contribution in [0.2, 0.25) is 0 Å². The zero-order chi connectivity index (χ0) is 33.6. The van der Waals surface area contributed by atoms with Crippen molar-refractivity contribution in [1.82, 2.24) is 15.2 Å². The second-order valence-electron chi connectivity index (χ2n) is 11.2. The number of carbonyl (C=O) groups is 1. The van der Waals surface area contributed by atoms with Crippen LogP contribution in [0.25, 0.3) is 10.4 Å². The summed E-state index contributed by atoms with van der Waals surface area (Å²) in [6.45, 7) is 2.52. The van der Waals surface area contributed by atoms with Gasteiger partial charge in [-0.3, -0.25) is 14.7 Å². The topological polar surface area (TPSA) is 128 Å². The molecule has 0 saturated heterocycles. The molecule has 0 unspecified atom stereocenters. The fraction of sp³-hybridized carbons (Fsp3) is 0.189. The second kappa shape index (κ2) is 17.3. The molecule has 9 nitrogen and oxygen atoms in total. The van der Waals surface area contributed by atoms with Crippen molar-refractivity contribution in [3.8, 4) is 0 Å². The summed E-state index contributed by atoms with van der Waals surface area (Å²) in [5.41, 5.74) is 14.5. The summed E-state index contributed by atoms with van der Waals surface area (Å²) in [6, 6.07) is 38.5. The van der Waals surface area contributed by atoms with Gasteiger partial charge < -0.3 is 5.32 Å². The number of sulfonamides is 1. The van der Waals surface area contributed by atoms with Crippen molar-refractivity contribution in [2.45, 2.75) is 42.3 Å². The molecule has 244 valence electrons. The van der Waals surface area contributed by atoms with Crippen LogP contribution < -0.4 is 5.32 Å². The minimum Gasteiger partial charge on any atom is -0.348 e. The third-order valence-corrected chi connectivity index (χ3v) is 9.83. The van der Waals surface area contributed by atoms with Crippen molar-refractivity contribution >= 4 is 27.7 Å². The van der Waals surface area contributed by atoms with E-state index in [1.165, 1.54) is 17.0 Å². The van der Waals surface area contributed by atoms with Crippen molar-refractivity contribution in [2.24, 2.45) is 4.52 Å². The standard InChI is InChI=1S/C37H36N6O3S2/c38-41-42-48(45,46)36-21-16-32(17-22-36)28-43(24-25-47-35-7-2-1-3-8-35)27-31-11-9-30(10-12-31)26-40-37(44)33-18-13-29(14-19-33)15-20-34-6-4-5-23-39-34/h1-14,16-19,21-23H,15,20,24-28H2,(H,40,44). The molecule has 0 aliphatic heterocycles. The van der Waals surface area contributed by atoms with E-state index >= 15 is 0 Å². The molecule has 4 aromatic carbocycles. The SMILES string of the molecule is [N-]=[N+]=NS(=O)(=O)c1ccc(CN(CCSc2ccccc2)Cc2ccc(CNC(=O)c3ccc(CCc4ccccn4)cc3)cc2)cc1. The quantitative estimate of drug-likeness (QED) is 0.0496. The number of carbonyl (C=O) groups excluding carboxylic acids is 1. The zero-order valence-corrected chi connectivity index (χ0v) is 28.0. The van der Waals surface area contributed by atoms with Gasteiger partial charge in [0.05, 0.1) is 4.90 Å². The first-order valence-electron chi connectivity index (χ1n) is 15.5. The van der Waals surface area contributed by atoms with Crippen molar-refractivity contribution < 1.29 is 13.2 Å². The number of azide groups is 1. The molecule has 11 heteroatoms. The maximum atomic E-state index is 12.8. The number of aromatic nitrogens is 1. The number of aryl methyl sites for hydroxylation is 2. The maximum absolute atomic E-state index is 12.8. The van der Waals surface area contributed by atoms with Gasteiger partial charge in [0.2, 0.25) is 0 Å². The highest BCUT2D eigenvalue weighted by atomic mass is 32.2. The first-order chi connectivity index (χ1) is 23.4. The number of hydrogen-bond donors (Lipinski definition) is 1. The predicted octanol–water partition coefficient (Wildman–Crippen LogP) is 7.59. The van der Waals surface area contributed by atoms with Crippen LogP contribution >= 0.6 is 11.8 Å². The molecule has 1 N–H and O–H groups in total. The maximum Gasteiger partial charge on any atom is 0.264 e. The Morgan fingerprint density at radius 2 is 1.40 bits per heavy atom. The van der Waals surface area contributed by atoms with Crippen LogP contribution in [0.3, 0.4) is 0 Å². The van der Waals surface area contributed by atoms with Gasteiger partial charge in [-0.25, -0.2) is 8.42 Å². The summed E-state index contributed by atoms with van der Waals surface area (Å²) in [5.74, 6) is 0.763. The fourth-order valence-electron chi connectivity index (χ4n) is 5.09. The molecule has 0 spiro atoms. The van der Waals surface area contributed by atoms with Gasteiger partial charge in [-0.05, 0) is 89.2 Å². The third-order valence-electron chi connectivity index (χ3n) is 7.69. The molecule has 1 aromatic heterocycles. The normalized spacial score (nSPS) is 11.2. The Morgan fingerprint density at radius 1 is 0.771 bits per heavy atom. The van der Waals surface area contributed by atoms with E-state index < -0.39 is 10.0 Å². The average molecular weight is 677 g/mol. The van der Waals surface area contributed by atoms with Gasteiger partial charge in [0.15, 0.2) is 0 Å². The highest BCUT2D eigenvalue weighted by molar-refractivity contribution is 7.99. The first kappa shape index (κ1) is 34.4. The lowest BCUT2D eigenvalue weighted by atomic mass is 10.1. The summed E-state index contributed by atoms with van der Waals surface area (Å²) in [6.07, 6.45) is 3.52. The molecule has 0 saturated carbocycles. The molecule has 0 fully saturated rings. The zero-order valence-electron chi connectivity index (χ0n) is 26.4. The minimum atomic E-state index is -4.03. The Bertz CT molecular complexity index is 1920. The summed E-state index contributed by atoms with van der Waals surface area (Å²) >= 11 is 1.78. The van der Waals surface area contributed by atoms with Gasteiger partial charge in [-0.2, -0.15) is 0 Å². The molecular formula is C37H36N6O3S2. The summed E-state index contributed by atoms with van der Waals surface area (Å²) < 4.78 is 27.1. The minimum absolute atomic E-state index is 0.0356. The second-order valence-corrected chi connectivity index (χ2v) is 13.9. The van der Waals surface area contributed by atoms with Gasteiger partial charge in [-0.1, -0.05) is 72.8 Å². The van der Waals surface area contributed by atoms with Crippen LogP contribution in [0.1, 0.15) is 38.3 Å². The van der Waals surface area contributed by atoms with E-state index in [2.05, 4.69) is 48.9 Å². The average Bonchev–Trinajstić information content (AvgIpc) is 3.11. The summed E-state index contributed by atoms with van der Waals surface area (Å²) in [5, 5.41) is 3.02. The molecule has 0 aliphatic carbocycles. The van der Waals surface area contributed by atoms with Crippen molar-refractivity contribution in [3.63, 3.8) is 0 Å². The van der Waals surface area contributed by atoms with E-state index in [0.717, 1.165) is 53.1 Å². The van der Waals surface area contributed by atoms with E-state index in [4.69, 9.17) is 5.53 Å². The lowest BCUT2D eigenvalue weighted by Crippen LogP contribution is -2.25. The largest absolute Gasteiger partial charge is 0.348 e. The molecular weight excluding hydrogens is 641 g/mol. The van der Waals surface area contributed by atoms with E-state index in [-0.39, 0.29) is 10.8 Å². The Hall–Kier alpha value is -4.93. The van der Waals surface area contributed by atoms with E-state index in [1.807, 2.05) is 72.8 Å². The predicted molar refractivity (Wildman–Crippen MR) is 190 cm³/mol. The highest BCUT2D eigenvalue weighted by Crippen LogP contribution is 2.20. The van der Waals surface area contributed by atoms with Crippen molar-refractivity contribution in [3.05, 3.63) is 171 Å². The van der Waals surface area contributed by atoms with E-state index in [9.17, 15) is 13.2 Å². The number of nitrogens with one attached hydrogen (secondary N) is 1. The van der Waals surface area contributed by atoms with Gasteiger partial charge >= 0.3 is 0 Å². The number of pyridine rings is 1. The summed E-state index contributed by atoms with van der Waals surface area (Å²) in [4.78, 5) is 23.1. The van der Waals surface area contributed by atoms with Crippen LogP contribution in [-0.4, -0.2) is 36.5 Å². The van der Waals surface area contributed by atoms with Crippen LogP contribution in [-0.2, 0) is 42.5 Å². The number of rotatable bonds is 16. The fourth-order valence-corrected chi connectivity index (χ4v) is 6.70. The van der Waals surface area contributed by atoms with Gasteiger partial charge in [0, 0.05) is 63.7 Å². The Balaban J connectivity index is 1.16. The number of nitrogens with zero attached hydrogens (tertiary/aromatic N) is 5. The molecule has 1 amide bonds. The van der Waals surface area contributed by atoms with Crippen LogP contribution in [0, 0.1) is 0 Å². The van der Waals surface area contributed by atoms with Gasteiger partial charge in [0.1, 0.15) is 0 Å². The van der Waals surface area contributed by atoms with Gasteiger partial charge in [0.25, 0.3) is 15.9 Å². The number of thioether (sulfide) groups is 1. The van der Waals surface area contributed by atoms with Crippen LogP contribution in [0.5, 0.6) is 0 Å². The Morgan fingerprint density at radius 3 is 2.04 bits per heavy atom. The molecule has 0 bridgehead atoms. The smallest absolute Gasteiger partial charge is 0.264 e.